The van der Waals surface area contributed by atoms with Crippen molar-refractivity contribution in [3.63, 3.8) is 0 Å². The first-order valence-corrected chi connectivity index (χ1v) is 12.1. The van der Waals surface area contributed by atoms with Crippen molar-refractivity contribution in [1.82, 2.24) is 24.6 Å². The molecule has 9 heteroatoms. The minimum absolute atomic E-state index is 0.0331. The van der Waals surface area contributed by atoms with Gasteiger partial charge < -0.3 is 9.80 Å². The predicted molar refractivity (Wildman–Crippen MR) is 128 cm³/mol. The molecule has 4 heterocycles. The van der Waals surface area contributed by atoms with Gasteiger partial charge in [0.1, 0.15) is 5.01 Å². The van der Waals surface area contributed by atoms with Crippen LogP contribution in [0.2, 0.25) is 5.02 Å². The first-order valence-electron chi connectivity index (χ1n) is 10.8. The molecule has 0 aliphatic carbocycles. The normalized spacial score (nSPS) is 21.0. The molecule has 0 saturated carbocycles. The Kier molecular flexibility index (Phi) is 5.69. The Hall–Kier alpha value is -2.42. The first kappa shape index (κ1) is 21.4. The summed E-state index contributed by atoms with van der Waals surface area (Å²) in [6.07, 6.45) is 7.48. The topological polar surface area (TPSA) is 57.5 Å². The summed E-state index contributed by atoms with van der Waals surface area (Å²) in [6.45, 7) is 4.42. The van der Waals surface area contributed by atoms with E-state index in [0.29, 0.717) is 0 Å². The number of benzene rings is 1. The molecule has 1 unspecified atom stereocenters. The van der Waals surface area contributed by atoms with Crippen LogP contribution in [0.25, 0.3) is 10.6 Å². The standard InChI is InChI=1S/C23H27ClN6OS/c1-27(2)19-12-26-30(14-19)22(31)29-9-6-23(16-29)5-8-28(15-23)13-18-4-3-17(11-20(18)24)21-25-7-10-32-21/h3-4,7,10-12,14H,5-6,8-9,13,15-16H2,1-2H3. The van der Waals surface area contributed by atoms with Crippen LogP contribution in [-0.4, -0.2) is 70.9 Å². The third-order valence-electron chi connectivity index (χ3n) is 6.63. The van der Waals surface area contributed by atoms with Gasteiger partial charge in [-0.25, -0.2) is 9.78 Å². The first-order chi connectivity index (χ1) is 15.4. The van der Waals surface area contributed by atoms with E-state index < -0.39 is 0 Å². The highest BCUT2D eigenvalue weighted by Crippen LogP contribution is 2.40. The maximum absolute atomic E-state index is 12.9. The summed E-state index contributed by atoms with van der Waals surface area (Å²) in [6, 6.07) is 6.21. The lowest BCUT2D eigenvalue weighted by Gasteiger charge is -2.25. The summed E-state index contributed by atoms with van der Waals surface area (Å²) in [7, 11) is 3.89. The van der Waals surface area contributed by atoms with Crippen LogP contribution < -0.4 is 4.90 Å². The predicted octanol–water partition coefficient (Wildman–Crippen LogP) is 4.29. The lowest BCUT2D eigenvalue weighted by Crippen LogP contribution is -2.36. The van der Waals surface area contributed by atoms with Gasteiger partial charge in [-0.2, -0.15) is 9.78 Å². The average Bonchev–Trinajstić information content (AvgIpc) is 3.58. The lowest BCUT2D eigenvalue weighted by atomic mass is 9.86. The van der Waals surface area contributed by atoms with Crippen LogP contribution >= 0.6 is 22.9 Å². The number of hydrogen-bond donors (Lipinski definition) is 0. The Morgan fingerprint density at radius 3 is 2.81 bits per heavy atom. The van der Waals surface area contributed by atoms with Gasteiger partial charge in [-0.15, -0.1) is 11.3 Å². The molecule has 168 valence electrons. The zero-order valence-corrected chi connectivity index (χ0v) is 19.9. The van der Waals surface area contributed by atoms with E-state index in [1.54, 1.807) is 23.7 Å². The van der Waals surface area contributed by atoms with Crippen molar-refractivity contribution in [2.75, 3.05) is 45.2 Å². The van der Waals surface area contributed by atoms with Crippen molar-refractivity contribution >= 4 is 34.7 Å². The van der Waals surface area contributed by atoms with Gasteiger partial charge in [-0.1, -0.05) is 23.7 Å². The van der Waals surface area contributed by atoms with Crippen LogP contribution in [0.3, 0.4) is 0 Å². The number of nitrogens with zero attached hydrogens (tertiary/aromatic N) is 6. The summed E-state index contributed by atoms with van der Waals surface area (Å²) < 4.78 is 1.46. The summed E-state index contributed by atoms with van der Waals surface area (Å²) in [4.78, 5) is 23.7. The van der Waals surface area contributed by atoms with E-state index in [1.807, 2.05) is 41.5 Å². The average molecular weight is 471 g/mol. The van der Waals surface area contributed by atoms with Crippen molar-refractivity contribution in [3.05, 3.63) is 52.8 Å². The van der Waals surface area contributed by atoms with E-state index in [-0.39, 0.29) is 11.4 Å². The Bertz CT molecular complexity index is 1110. The van der Waals surface area contributed by atoms with Gasteiger partial charge in [0, 0.05) is 67.9 Å². The Morgan fingerprint density at radius 1 is 1.25 bits per heavy atom. The smallest absolute Gasteiger partial charge is 0.344 e. The van der Waals surface area contributed by atoms with Crippen LogP contribution in [0.4, 0.5) is 10.5 Å². The molecule has 2 aliphatic rings. The van der Waals surface area contributed by atoms with E-state index in [9.17, 15) is 4.79 Å². The van der Waals surface area contributed by atoms with E-state index in [1.165, 1.54) is 4.68 Å². The molecule has 1 aromatic carbocycles. The number of halogens is 1. The molecule has 0 radical (unpaired) electrons. The molecule has 1 amide bonds. The molecular formula is C23H27ClN6OS. The maximum atomic E-state index is 12.9. The van der Waals surface area contributed by atoms with Crippen molar-refractivity contribution in [2.45, 2.75) is 19.4 Å². The van der Waals surface area contributed by atoms with Gasteiger partial charge in [0.25, 0.3) is 0 Å². The van der Waals surface area contributed by atoms with Gasteiger partial charge in [-0.05, 0) is 31.0 Å². The zero-order chi connectivity index (χ0) is 22.3. The monoisotopic (exact) mass is 470 g/mol. The number of rotatable bonds is 4. The van der Waals surface area contributed by atoms with Gasteiger partial charge >= 0.3 is 6.03 Å². The number of carbonyl (C=O) groups is 1. The van der Waals surface area contributed by atoms with Crippen LogP contribution in [0.5, 0.6) is 0 Å². The highest BCUT2D eigenvalue weighted by atomic mass is 35.5. The zero-order valence-electron chi connectivity index (χ0n) is 18.4. The molecule has 2 fully saturated rings. The van der Waals surface area contributed by atoms with E-state index >= 15 is 0 Å². The third kappa shape index (κ3) is 4.14. The minimum atomic E-state index is -0.0331. The third-order valence-corrected chi connectivity index (χ3v) is 7.81. The summed E-state index contributed by atoms with van der Waals surface area (Å²) in [5.74, 6) is 0. The lowest BCUT2D eigenvalue weighted by molar-refractivity contribution is 0.196. The molecule has 0 N–H and O–H groups in total. The molecule has 0 bridgehead atoms. The van der Waals surface area contributed by atoms with Gasteiger partial charge in [0.05, 0.1) is 18.1 Å². The molecule has 2 saturated heterocycles. The molecule has 2 aromatic heterocycles. The second kappa shape index (κ2) is 8.50. The number of thiazole rings is 1. The highest BCUT2D eigenvalue weighted by Gasteiger charge is 2.45. The highest BCUT2D eigenvalue weighted by molar-refractivity contribution is 7.13. The quantitative estimate of drug-likeness (QED) is 0.569. The molecule has 1 atom stereocenters. The SMILES string of the molecule is CN(C)c1cnn(C(=O)N2CCC3(CCN(Cc4ccc(-c5nccs5)cc4Cl)C3)C2)c1. The fraction of sp³-hybridized carbons (Fsp3) is 0.435. The molecule has 5 rings (SSSR count). The van der Waals surface area contributed by atoms with Crippen molar-refractivity contribution in [1.29, 1.82) is 0 Å². The summed E-state index contributed by atoms with van der Waals surface area (Å²) in [5.41, 5.74) is 3.30. The second-order valence-electron chi connectivity index (χ2n) is 9.10. The van der Waals surface area contributed by atoms with E-state index in [4.69, 9.17) is 11.6 Å². The van der Waals surface area contributed by atoms with Crippen molar-refractivity contribution < 1.29 is 4.79 Å². The number of likely N-dealkylation sites (tertiary alicyclic amines) is 2. The van der Waals surface area contributed by atoms with Crippen LogP contribution in [0.15, 0.2) is 42.2 Å². The molecular weight excluding hydrogens is 444 g/mol. The van der Waals surface area contributed by atoms with Gasteiger partial charge in [-0.3, -0.25) is 4.90 Å². The van der Waals surface area contributed by atoms with Gasteiger partial charge in [0.2, 0.25) is 0 Å². The summed E-state index contributed by atoms with van der Waals surface area (Å²) >= 11 is 8.24. The Labute approximate surface area is 197 Å². The number of aromatic nitrogens is 3. The summed E-state index contributed by atoms with van der Waals surface area (Å²) in [5, 5.41) is 8.01. The number of amides is 1. The maximum Gasteiger partial charge on any atom is 0.344 e. The molecule has 1 spiro atoms. The molecule has 3 aromatic rings. The second-order valence-corrected chi connectivity index (χ2v) is 10.4. The molecule has 2 aliphatic heterocycles. The number of anilines is 1. The Balaban J connectivity index is 1.21. The minimum Gasteiger partial charge on any atom is -0.375 e. The fourth-order valence-electron chi connectivity index (χ4n) is 4.80. The number of carbonyl (C=O) groups excluding carboxylic acids is 1. The van der Waals surface area contributed by atoms with Crippen LogP contribution in [0.1, 0.15) is 18.4 Å². The van der Waals surface area contributed by atoms with Crippen molar-refractivity contribution in [3.8, 4) is 10.6 Å². The molecule has 7 nitrogen and oxygen atoms in total. The molecule has 32 heavy (non-hydrogen) atoms. The van der Waals surface area contributed by atoms with Gasteiger partial charge in [0.15, 0.2) is 0 Å². The largest absolute Gasteiger partial charge is 0.375 e. The number of hydrogen-bond acceptors (Lipinski definition) is 6. The van der Waals surface area contributed by atoms with Crippen LogP contribution in [-0.2, 0) is 6.54 Å². The Morgan fingerprint density at radius 2 is 2.09 bits per heavy atom. The van der Waals surface area contributed by atoms with Crippen LogP contribution in [0, 0.1) is 5.41 Å². The van der Waals surface area contributed by atoms with E-state index in [2.05, 4.69) is 27.1 Å². The van der Waals surface area contributed by atoms with E-state index in [0.717, 1.165) is 72.4 Å². The van der Waals surface area contributed by atoms with Crippen molar-refractivity contribution in [2.24, 2.45) is 5.41 Å². The fourth-order valence-corrected chi connectivity index (χ4v) is 5.68.